The van der Waals surface area contributed by atoms with Gasteiger partial charge >= 0.3 is 0 Å². The Kier molecular flexibility index (Phi) is 3.19. The first kappa shape index (κ1) is 11.7. The van der Waals surface area contributed by atoms with E-state index in [0.29, 0.717) is 5.82 Å². The van der Waals surface area contributed by atoms with E-state index in [0.717, 1.165) is 12.1 Å². The molecule has 88 valence electrons. The van der Waals surface area contributed by atoms with Crippen molar-refractivity contribution < 1.29 is 8.78 Å². The van der Waals surface area contributed by atoms with E-state index in [1.807, 2.05) is 0 Å². The molecule has 1 heterocycles. The predicted molar refractivity (Wildman–Crippen MR) is 63.8 cm³/mol. The molecular formula is C10H7BrF2N4. The lowest BCUT2D eigenvalue weighted by molar-refractivity contribution is 0.584. The number of aromatic nitrogens is 2. The summed E-state index contributed by atoms with van der Waals surface area (Å²) in [6.07, 6.45) is 1.43. The van der Waals surface area contributed by atoms with Crippen molar-refractivity contribution in [3.8, 4) is 0 Å². The molecule has 0 fully saturated rings. The predicted octanol–water partition coefficient (Wildman–Crippen LogP) is 2.84. The molecule has 0 amide bonds. The Balaban J connectivity index is 2.36. The second-order valence-electron chi connectivity index (χ2n) is 3.17. The van der Waals surface area contributed by atoms with Gasteiger partial charge in [-0.3, -0.25) is 0 Å². The molecule has 4 nitrogen and oxygen atoms in total. The normalized spacial score (nSPS) is 10.3. The van der Waals surface area contributed by atoms with Crippen molar-refractivity contribution in [1.82, 2.24) is 9.97 Å². The minimum absolute atomic E-state index is 0.0636. The number of hydrogen-bond donors (Lipinski definition) is 2. The van der Waals surface area contributed by atoms with E-state index in [-0.39, 0.29) is 16.1 Å². The van der Waals surface area contributed by atoms with Crippen LogP contribution in [0.4, 0.5) is 26.2 Å². The zero-order valence-corrected chi connectivity index (χ0v) is 10.0. The average molecular weight is 301 g/mol. The van der Waals surface area contributed by atoms with Gasteiger partial charge in [-0.2, -0.15) is 4.98 Å². The maximum absolute atomic E-state index is 13.5. The Labute approximate surface area is 104 Å². The lowest BCUT2D eigenvalue weighted by Gasteiger charge is -2.09. The number of nitrogens with one attached hydrogen (secondary N) is 1. The van der Waals surface area contributed by atoms with Gasteiger partial charge in [0.15, 0.2) is 5.82 Å². The Bertz CT molecular complexity index is 539. The van der Waals surface area contributed by atoms with Crippen molar-refractivity contribution in [3.05, 3.63) is 40.5 Å². The summed E-state index contributed by atoms with van der Waals surface area (Å²) in [5.41, 5.74) is 5.47. The van der Waals surface area contributed by atoms with Gasteiger partial charge in [-0.15, -0.1) is 0 Å². The van der Waals surface area contributed by atoms with Crippen LogP contribution in [0.2, 0.25) is 0 Å². The highest BCUT2D eigenvalue weighted by molar-refractivity contribution is 9.10. The van der Waals surface area contributed by atoms with Gasteiger partial charge in [-0.05, 0) is 28.1 Å². The fourth-order valence-electron chi connectivity index (χ4n) is 1.23. The fourth-order valence-corrected chi connectivity index (χ4v) is 1.74. The van der Waals surface area contributed by atoms with Crippen LogP contribution < -0.4 is 11.1 Å². The molecule has 3 N–H and O–H groups in total. The van der Waals surface area contributed by atoms with E-state index in [1.165, 1.54) is 12.3 Å². The molecule has 0 aliphatic heterocycles. The molecule has 2 rings (SSSR count). The maximum Gasteiger partial charge on any atom is 0.221 e. The third kappa shape index (κ3) is 2.68. The van der Waals surface area contributed by atoms with Crippen molar-refractivity contribution in [2.24, 2.45) is 0 Å². The lowest BCUT2D eigenvalue weighted by Crippen LogP contribution is -2.01. The van der Waals surface area contributed by atoms with Crippen molar-refractivity contribution in [2.45, 2.75) is 0 Å². The average Bonchev–Trinajstić information content (AvgIpc) is 2.23. The number of nitrogens with two attached hydrogens (primary N) is 1. The Hall–Kier alpha value is -1.76. The van der Waals surface area contributed by atoms with Crippen molar-refractivity contribution in [1.29, 1.82) is 0 Å². The lowest BCUT2D eigenvalue weighted by atomic mass is 10.3. The molecule has 1 aromatic carbocycles. The number of anilines is 3. The van der Waals surface area contributed by atoms with E-state index < -0.39 is 11.6 Å². The molecule has 0 saturated carbocycles. The van der Waals surface area contributed by atoms with Gasteiger partial charge in [-0.25, -0.2) is 13.8 Å². The van der Waals surface area contributed by atoms with E-state index in [2.05, 4.69) is 31.2 Å². The van der Waals surface area contributed by atoms with E-state index in [1.54, 1.807) is 0 Å². The molecule has 7 heteroatoms. The van der Waals surface area contributed by atoms with Gasteiger partial charge in [0.05, 0.1) is 5.69 Å². The van der Waals surface area contributed by atoms with Crippen molar-refractivity contribution in [2.75, 3.05) is 11.1 Å². The van der Waals surface area contributed by atoms with Gasteiger partial charge in [0, 0.05) is 16.7 Å². The minimum atomic E-state index is -0.728. The van der Waals surface area contributed by atoms with Gasteiger partial charge in [0.1, 0.15) is 11.6 Å². The number of nitrogens with zero attached hydrogens (tertiary/aromatic N) is 2. The summed E-state index contributed by atoms with van der Waals surface area (Å²) >= 11 is 3.06. The third-order valence-corrected chi connectivity index (χ3v) is 2.56. The van der Waals surface area contributed by atoms with Gasteiger partial charge in [0.25, 0.3) is 0 Å². The first-order valence-electron chi connectivity index (χ1n) is 4.56. The summed E-state index contributed by atoms with van der Waals surface area (Å²) in [5, 5.41) is 2.69. The highest BCUT2D eigenvalue weighted by Gasteiger charge is 2.10. The van der Waals surface area contributed by atoms with Crippen molar-refractivity contribution >= 4 is 33.4 Å². The second kappa shape index (κ2) is 4.62. The van der Waals surface area contributed by atoms with Crippen LogP contribution in [-0.2, 0) is 0 Å². The summed E-state index contributed by atoms with van der Waals surface area (Å²) in [7, 11) is 0. The van der Waals surface area contributed by atoms with Crippen LogP contribution >= 0.6 is 15.9 Å². The monoisotopic (exact) mass is 300 g/mol. The van der Waals surface area contributed by atoms with Gasteiger partial charge in [-0.1, -0.05) is 0 Å². The van der Waals surface area contributed by atoms with Gasteiger partial charge in [0.2, 0.25) is 5.95 Å². The van der Waals surface area contributed by atoms with Crippen LogP contribution in [0, 0.1) is 11.6 Å². The minimum Gasteiger partial charge on any atom is -0.368 e. The smallest absolute Gasteiger partial charge is 0.221 e. The quantitative estimate of drug-likeness (QED) is 0.895. The molecule has 0 radical (unpaired) electrons. The fraction of sp³-hybridized carbons (Fsp3) is 0. The number of halogens is 3. The van der Waals surface area contributed by atoms with E-state index >= 15 is 0 Å². The van der Waals surface area contributed by atoms with Crippen LogP contribution in [0.1, 0.15) is 0 Å². The third-order valence-electron chi connectivity index (χ3n) is 1.93. The SMILES string of the molecule is Nc1nccc(Nc2c(F)cc(F)cc2Br)n1. The maximum atomic E-state index is 13.5. The number of benzene rings is 1. The summed E-state index contributed by atoms with van der Waals surface area (Å²) in [4.78, 5) is 7.55. The summed E-state index contributed by atoms with van der Waals surface area (Å²) in [5.74, 6) is -1.01. The van der Waals surface area contributed by atoms with Crippen LogP contribution in [0.15, 0.2) is 28.9 Å². The van der Waals surface area contributed by atoms with Crippen LogP contribution in [0.5, 0.6) is 0 Å². The Morgan fingerprint density at radius 2 is 2.06 bits per heavy atom. The highest BCUT2D eigenvalue weighted by atomic mass is 79.9. The van der Waals surface area contributed by atoms with Crippen molar-refractivity contribution in [3.63, 3.8) is 0 Å². The van der Waals surface area contributed by atoms with Crippen LogP contribution in [0.25, 0.3) is 0 Å². The first-order chi connectivity index (χ1) is 8.06. The molecule has 0 saturated heterocycles. The van der Waals surface area contributed by atoms with Gasteiger partial charge < -0.3 is 11.1 Å². The largest absolute Gasteiger partial charge is 0.368 e. The zero-order chi connectivity index (χ0) is 12.4. The topological polar surface area (TPSA) is 63.8 Å². The Morgan fingerprint density at radius 3 is 2.71 bits per heavy atom. The van der Waals surface area contributed by atoms with Crippen LogP contribution in [-0.4, -0.2) is 9.97 Å². The number of nitrogen functional groups attached to an aromatic ring is 1. The zero-order valence-electron chi connectivity index (χ0n) is 8.42. The second-order valence-corrected chi connectivity index (χ2v) is 4.02. The molecule has 0 bridgehead atoms. The molecule has 0 unspecified atom stereocenters. The highest BCUT2D eigenvalue weighted by Crippen LogP contribution is 2.29. The molecule has 2 aromatic rings. The molecule has 0 atom stereocenters. The van der Waals surface area contributed by atoms with Crippen LogP contribution in [0.3, 0.4) is 0 Å². The number of rotatable bonds is 2. The molecule has 0 spiro atoms. The Morgan fingerprint density at radius 1 is 1.29 bits per heavy atom. The molecular weight excluding hydrogens is 294 g/mol. The summed E-state index contributed by atoms with van der Waals surface area (Å²) < 4.78 is 26.6. The molecule has 0 aliphatic carbocycles. The number of hydrogen-bond acceptors (Lipinski definition) is 4. The standard InChI is InChI=1S/C10H7BrF2N4/c11-6-3-5(12)4-7(13)9(6)16-8-1-2-15-10(14)17-8/h1-4H,(H3,14,15,16,17). The molecule has 1 aromatic heterocycles. The van der Waals surface area contributed by atoms with E-state index in [4.69, 9.17) is 5.73 Å². The molecule has 17 heavy (non-hydrogen) atoms. The summed E-state index contributed by atoms with van der Waals surface area (Å²) in [6.45, 7) is 0. The first-order valence-corrected chi connectivity index (χ1v) is 5.35. The summed E-state index contributed by atoms with van der Waals surface area (Å²) in [6, 6.07) is 3.44. The van der Waals surface area contributed by atoms with E-state index in [9.17, 15) is 8.78 Å². The molecule has 0 aliphatic rings.